The molecule has 0 fully saturated rings. The second kappa shape index (κ2) is 6.03. The standard InChI is InChI=1S/C16H23NO/c1-3-7-12(2)16(18)17-15-11-6-9-13-8-4-5-10-14(13)15/h4-5,8,10,12,15H,3,6-7,9,11H2,1-2H3,(H,17,18). The molecule has 1 amide bonds. The van der Waals surface area contributed by atoms with Gasteiger partial charge in [-0.3, -0.25) is 4.79 Å². The Bertz CT molecular complexity index is 413. The number of fused-ring (bicyclic) bond motifs is 1. The lowest BCUT2D eigenvalue weighted by atomic mass is 9.87. The average Bonchev–Trinajstić information content (AvgIpc) is 2.39. The molecule has 0 saturated heterocycles. The monoisotopic (exact) mass is 245 g/mol. The van der Waals surface area contributed by atoms with E-state index in [0.29, 0.717) is 0 Å². The molecule has 1 aliphatic carbocycles. The average molecular weight is 245 g/mol. The molecule has 18 heavy (non-hydrogen) atoms. The highest BCUT2D eigenvalue weighted by atomic mass is 16.1. The predicted octanol–water partition coefficient (Wildman–Crippen LogP) is 3.62. The topological polar surface area (TPSA) is 29.1 Å². The molecule has 0 aliphatic heterocycles. The van der Waals surface area contributed by atoms with Crippen LogP contribution in [0.2, 0.25) is 0 Å². The minimum Gasteiger partial charge on any atom is -0.349 e. The quantitative estimate of drug-likeness (QED) is 0.862. The fraction of sp³-hybridized carbons (Fsp3) is 0.562. The molecule has 1 aromatic rings. The molecule has 1 N–H and O–H groups in total. The van der Waals surface area contributed by atoms with Crippen LogP contribution in [0.15, 0.2) is 24.3 Å². The van der Waals surface area contributed by atoms with Crippen LogP contribution >= 0.6 is 0 Å². The predicted molar refractivity (Wildman–Crippen MR) is 74.3 cm³/mol. The Morgan fingerprint density at radius 2 is 2.22 bits per heavy atom. The SMILES string of the molecule is CCCC(C)C(=O)NC1CCCc2ccccc21. The van der Waals surface area contributed by atoms with Gasteiger partial charge in [0.1, 0.15) is 0 Å². The van der Waals surface area contributed by atoms with Gasteiger partial charge >= 0.3 is 0 Å². The molecule has 1 aromatic carbocycles. The number of amides is 1. The number of hydrogen-bond acceptors (Lipinski definition) is 1. The van der Waals surface area contributed by atoms with Crippen LogP contribution in [0.25, 0.3) is 0 Å². The Morgan fingerprint density at radius 1 is 1.44 bits per heavy atom. The van der Waals surface area contributed by atoms with E-state index in [1.54, 1.807) is 0 Å². The van der Waals surface area contributed by atoms with Crippen molar-refractivity contribution in [1.82, 2.24) is 5.32 Å². The van der Waals surface area contributed by atoms with Crippen LogP contribution in [0, 0.1) is 5.92 Å². The zero-order valence-electron chi connectivity index (χ0n) is 11.4. The van der Waals surface area contributed by atoms with Crippen molar-refractivity contribution in [2.24, 2.45) is 5.92 Å². The third kappa shape index (κ3) is 2.92. The first kappa shape index (κ1) is 13.1. The highest BCUT2D eigenvalue weighted by Crippen LogP contribution is 2.29. The zero-order chi connectivity index (χ0) is 13.0. The summed E-state index contributed by atoms with van der Waals surface area (Å²) in [5.41, 5.74) is 2.72. The lowest BCUT2D eigenvalue weighted by Crippen LogP contribution is -2.34. The van der Waals surface area contributed by atoms with Crippen LogP contribution in [0.1, 0.15) is 56.7 Å². The molecular weight excluding hydrogens is 222 g/mol. The maximum Gasteiger partial charge on any atom is 0.223 e. The van der Waals surface area contributed by atoms with Gasteiger partial charge in [-0.1, -0.05) is 44.5 Å². The van der Waals surface area contributed by atoms with Gasteiger partial charge in [-0.15, -0.1) is 0 Å². The van der Waals surface area contributed by atoms with Gasteiger partial charge in [-0.2, -0.15) is 0 Å². The minimum absolute atomic E-state index is 0.129. The lowest BCUT2D eigenvalue weighted by Gasteiger charge is -2.27. The molecule has 98 valence electrons. The second-order valence-electron chi connectivity index (χ2n) is 5.34. The molecular formula is C16H23NO. The van der Waals surface area contributed by atoms with Gasteiger partial charge in [0.25, 0.3) is 0 Å². The molecule has 0 heterocycles. The maximum atomic E-state index is 12.1. The minimum atomic E-state index is 0.129. The van der Waals surface area contributed by atoms with E-state index in [-0.39, 0.29) is 17.9 Å². The summed E-state index contributed by atoms with van der Waals surface area (Å²) in [6.45, 7) is 4.15. The van der Waals surface area contributed by atoms with E-state index in [2.05, 4.69) is 36.5 Å². The molecule has 0 spiro atoms. The number of benzene rings is 1. The Kier molecular flexibility index (Phi) is 4.40. The lowest BCUT2D eigenvalue weighted by molar-refractivity contribution is -0.125. The second-order valence-corrected chi connectivity index (χ2v) is 5.34. The van der Waals surface area contributed by atoms with Crippen molar-refractivity contribution in [1.29, 1.82) is 0 Å². The first-order valence-electron chi connectivity index (χ1n) is 7.10. The number of carbonyl (C=O) groups excluding carboxylic acids is 1. The molecule has 2 heteroatoms. The number of aryl methyl sites for hydroxylation is 1. The molecule has 2 unspecified atom stereocenters. The van der Waals surface area contributed by atoms with Gasteiger partial charge < -0.3 is 5.32 Å². The van der Waals surface area contributed by atoms with E-state index in [9.17, 15) is 4.79 Å². The van der Waals surface area contributed by atoms with E-state index >= 15 is 0 Å². The highest BCUT2D eigenvalue weighted by molar-refractivity contribution is 5.78. The first-order chi connectivity index (χ1) is 8.72. The van der Waals surface area contributed by atoms with Crippen molar-refractivity contribution in [2.45, 2.75) is 52.0 Å². The summed E-state index contributed by atoms with van der Waals surface area (Å²) in [6, 6.07) is 8.72. The summed E-state index contributed by atoms with van der Waals surface area (Å²) in [7, 11) is 0. The van der Waals surface area contributed by atoms with Crippen LogP contribution in [-0.2, 0) is 11.2 Å². The van der Waals surface area contributed by atoms with Crippen molar-refractivity contribution >= 4 is 5.91 Å². The van der Waals surface area contributed by atoms with Crippen LogP contribution in [-0.4, -0.2) is 5.91 Å². The Labute approximate surface area is 110 Å². The fourth-order valence-electron chi connectivity index (χ4n) is 2.78. The van der Waals surface area contributed by atoms with Crippen molar-refractivity contribution in [3.05, 3.63) is 35.4 Å². The Hall–Kier alpha value is -1.31. The van der Waals surface area contributed by atoms with Crippen LogP contribution < -0.4 is 5.32 Å². The summed E-state index contributed by atoms with van der Waals surface area (Å²) in [5.74, 6) is 0.336. The molecule has 0 aromatic heterocycles. The Balaban J connectivity index is 2.05. The van der Waals surface area contributed by atoms with Gasteiger partial charge in [-0.25, -0.2) is 0 Å². The van der Waals surface area contributed by atoms with E-state index in [1.165, 1.54) is 17.5 Å². The van der Waals surface area contributed by atoms with E-state index in [4.69, 9.17) is 0 Å². The Morgan fingerprint density at radius 3 is 3.00 bits per heavy atom. The number of carbonyl (C=O) groups is 1. The smallest absolute Gasteiger partial charge is 0.223 e. The van der Waals surface area contributed by atoms with Gasteiger partial charge in [0, 0.05) is 5.92 Å². The zero-order valence-corrected chi connectivity index (χ0v) is 11.4. The highest BCUT2D eigenvalue weighted by Gasteiger charge is 2.22. The third-order valence-corrected chi connectivity index (χ3v) is 3.86. The molecule has 2 nitrogen and oxygen atoms in total. The van der Waals surface area contributed by atoms with Gasteiger partial charge in [-0.05, 0) is 36.8 Å². The van der Waals surface area contributed by atoms with Gasteiger partial charge in [0.15, 0.2) is 0 Å². The van der Waals surface area contributed by atoms with Crippen molar-refractivity contribution in [2.75, 3.05) is 0 Å². The first-order valence-corrected chi connectivity index (χ1v) is 7.10. The number of rotatable bonds is 4. The summed E-state index contributed by atoms with van der Waals surface area (Å²) < 4.78 is 0. The summed E-state index contributed by atoms with van der Waals surface area (Å²) in [6.07, 6.45) is 5.43. The van der Waals surface area contributed by atoms with E-state index in [0.717, 1.165) is 25.7 Å². The van der Waals surface area contributed by atoms with Crippen LogP contribution in [0.4, 0.5) is 0 Å². The summed E-state index contributed by atoms with van der Waals surface area (Å²) in [4.78, 5) is 12.1. The maximum absolute atomic E-state index is 12.1. The van der Waals surface area contributed by atoms with Crippen molar-refractivity contribution in [3.63, 3.8) is 0 Å². The van der Waals surface area contributed by atoms with Crippen molar-refractivity contribution < 1.29 is 4.79 Å². The molecule has 2 rings (SSSR count). The van der Waals surface area contributed by atoms with Crippen molar-refractivity contribution in [3.8, 4) is 0 Å². The molecule has 0 bridgehead atoms. The molecule has 1 aliphatic rings. The van der Waals surface area contributed by atoms with E-state index < -0.39 is 0 Å². The van der Waals surface area contributed by atoms with E-state index in [1.807, 2.05) is 6.92 Å². The van der Waals surface area contributed by atoms with Gasteiger partial charge in [0.05, 0.1) is 6.04 Å². The number of hydrogen-bond donors (Lipinski definition) is 1. The third-order valence-electron chi connectivity index (χ3n) is 3.86. The summed E-state index contributed by atoms with van der Waals surface area (Å²) >= 11 is 0. The molecule has 0 saturated carbocycles. The molecule has 2 atom stereocenters. The van der Waals surface area contributed by atoms with Gasteiger partial charge in [0.2, 0.25) is 5.91 Å². The largest absolute Gasteiger partial charge is 0.349 e. The van der Waals surface area contributed by atoms with Crippen LogP contribution in [0.3, 0.4) is 0 Å². The molecule has 0 radical (unpaired) electrons. The van der Waals surface area contributed by atoms with Crippen LogP contribution in [0.5, 0.6) is 0 Å². The fourth-order valence-corrected chi connectivity index (χ4v) is 2.78. The number of nitrogens with one attached hydrogen (secondary N) is 1. The summed E-state index contributed by atoms with van der Waals surface area (Å²) in [5, 5.41) is 3.22. The normalized spacial score (nSPS) is 20.0.